The molecule has 0 saturated carbocycles. The third-order valence-electron chi connectivity index (χ3n) is 11.2. The van der Waals surface area contributed by atoms with E-state index in [-0.39, 0.29) is 72.6 Å². The minimum atomic E-state index is -1.42. The molecule has 374 valence electrons. The lowest BCUT2D eigenvalue weighted by molar-refractivity contribution is -0.384. The van der Waals surface area contributed by atoms with Crippen LogP contribution in [0.1, 0.15) is 107 Å². The van der Waals surface area contributed by atoms with Crippen LogP contribution < -0.4 is 20.7 Å². The topological polar surface area (TPSA) is 252 Å². The molecule has 3 atom stereocenters. The Morgan fingerprint density at radius 1 is 0.789 bits per heavy atom. The van der Waals surface area contributed by atoms with Crippen molar-refractivity contribution in [3.8, 4) is 17.1 Å². The summed E-state index contributed by atoms with van der Waals surface area (Å²) < 4.78 is 22.6. The Morgan fingerprint density at radius 3 is 2.08 bits per heavy atom. The molecule has 0 aliphatic heterocycles. The monoisotopic (exact) mass is 975 g/mol. The van der Waals surface area contributed by atoms with Gasteiger partial charge in [0.2, 0.25) is 12.3 Å². The largest absolute Gasteiger partial charge is 0.493 e. The van der Waals surface area contributed by atoms with E-state index in [0.717, 1.165) is 29.5 Å². The van der Waals surface area contributed by atoms with Crippen molar-refractivity contribution in [1.82, 2.24) is 21.0 Å². The number of furan rings is 1. The van der Waals surface area contributed by atoms with Gasteiger partial charge in [-0.3, -0.25) is 34.1 Å². The van der Waals surface area contributed by atoms with E-state index in [9.17, 15) is 43.7 Å². The zero-order chi connectivity index (χ0) is 51.3. The van der Waals surface area contributed by atoms with E-state index in [4.69, 9.17) is 23.5 Å². The molecule has 5 aromatic rings. The number of nitrogens with one attached hydrogen (secondary N) is 3. The van der Waals surface area contributed by atoms with Crippen molar-refractivity contribution in [3.05, 3.63) is 153 Å². The van der Waals surface area contributed by atoms with Gasteiger partial charge >= 0.3 is 17.9 Å². The summed E-state index contributed by atoms with van der Waals surface area (Å²) in [6, 6.07) is 26.6. The summed E-state index contributed by atoms with van der Waals surface area (Å²) in [5, 5.41) is 19.9. The van der Waals surface area contributed by atoms with Crippen LogP contribution in [0.15, 0.2) is 114 Å². The third-order valence-corrected chi connectivity index (χ3v) is 11.2. The van der Waals surface area contributed by atoms with Gasteiger partial charge in [0.15, 0.2) is 5.76 Å². The maximum Gasteiger partial charge on any atom is 0.363 e. The number of nitro groups is 1. The lowest BCUT2D eigenvalue weighted by atomic mass is 9.90. The van der Waals surface area contributed by atoms with Crippen LogP contribution in [0.2, 0.25) is 0 Å². The molecule has 0 fully saturated rings. The summed E-state index contributed by atoms with van der Waals surface area (Å²) >= 11 is 0. The fraction of sp³-hybridized carbons (Fsp3) is 0.327. The van der Waals surface area contributed by atoms with Crippen molar-refractivity contribution in [1.29, 1.82) is 0 Å². The van der Waals surface area contributed by atoms with Crippen LogP contribution >= 0.6 is 0 Å². The Balaban J connectivity index is 1.23. The van der Waals surface area contributed by atoms with E-state index in [0.29, 0.717) is 30.4 Å². The van der Waals surface area contributed by atoms with Gasteiger partial charge in [-0.2, -0.15) is 5.06 Å². The highest BCUT2D eigenvalue weighted by atomic mass is 16.7. The molecule has 0 bridgehead atoms. The van der Waals surface area contributed by atoms with Crippen LogP contribution in [-0.4, -0.2) is 77.4 Å². The fourth-order valence-electron chi connectivity index (χ4n) is 7.46. The first-order valence-electron chi connectivity index (χ1n) is 23.1. The van der Waals surface area contributed by atoms with Gasteiger partial charge in [0.1, 0.15) is 30.8 Å². The lowest BCUT2D eigenvalue weighted by Crippen LogP contribution is -2.49. The molecule has 0 aliphatic rings. The highest BCUT2D eigenvalue weighted by Gasteiger charge is 2.34. The quantitative estimate of drug-likeness (QED) is 0.0115. The number of non-ortho nitro benzene ring substituents is 1. The standard InChI is InChI=1S/C52H57N5O14/c1-5-8-11-20-40(43(6-2)56(33-58)71-51(63)39-24-22-38(57(65)66)27-34(39)4)48(60)53-32-54-50(62)45-26-25-44(70-45)37-21-23-41(46(28-37)67-7-3)49(61)55-42(52(64)69-31-36-18-14-10-15-19-36)29-47(59)68-30-35-16-12-9-13-17-35/h9-10,12-19,21-28,33,40,42-43H,5-8,11,20,29-32H2,1-4H3,(H,53,60)(H,54,62)(H,55,61)/t40-,42+,43?/m1/s1. The zero-order valence-corrected chi connectivity index (χ0v) is 39.9. The molecule has 19 nitrogen and oxygen atoms in total. The van der Waals surface area contributed by atoms with Crippen molar-refractivity contribution in [2.45, 2.75) is 91.5 Å². The second-order valence-corrected chi connectivity index (χ2v) is 16.2. The Labute approximate surface area is 410 Å². The number of hydrogen-bond donors (Lipinski definition) is 3. The summed E-state index contributed by atoms with van der Waals surface area (Å²) in [6.07, 6.45) is 2.56. The first-order chi connectivity index (χ1) is 34.3. The SMILES string of the molecule is CCCCC[C@@H](C(=O)NCNC(=O)c1ccc(-c2ccc(C(=O)N[C@@H](CC(=O)OCc3ccccc3)C(=O)OCc3ccccc3)c(OCC)c2)o1)C(CC)N(C=O)OC(=O)c1ccc([N+](=O)[O-])cc1C. The number of ether oxygens (including phenoxy) is 3. The van der Waals surface area contributed by atoms with Gasteiger partial charge in [0.25, 0.3) is 17.5 Å². The van der Waals surface area contributed by atoms with E-state index in [1.54, 1.807) is 68.4 Å². The van der Waals surface area contributed by atoms with E-state index in [1.807, 2.05) is 19.1 Å². The lowest BCUT2D eigenvalue weighted by Gasteiger charge is -2.32. The van der Waals surface area contributed by atoms with Gasteiger partial charge in [-0.25, -0.2) is 9.59 Å². The van der Waals surface area contributed by atoms with Crippen LogP contribution in [0.3, 0.4) is 0 Å². The molecule has 0 radical (unpaired) electrons. The molecule has 71 heavy (non-hydrogen) atoms. The molecule has 0 saturated heterocycles. The number of nitrogens with zero attached hydrogens (tertiary/aromatic N) is 2. The predicted molar refractivity (Wildman–Crippen MR) is 257 cm³/mol. The summed E-state index contributed by atoms with van der Waals surface area (Å²) in [5.74, 6) is -5.11. The predicted octanol–water partition coefficient (Wildman–Crippen LogP) is 7.55. The normalized spacial score (nSPS) is 12.0. The number of carbonyl (C=O) groups is 7. The van der Waals surface area contributed by atoms with Crippen LogP contribution in [0, 0.1) is 23.0 Å². The van der Waals surface area contributed by atoms with Crippen molar-refractivity contribution in [3.63, 3.8) is 0 Å². The van der Waals surface area contributed by atoms with E-state index in [1.165, 1.54) is 43.3 Å². The molecule has 0 spiro atoms. The van der Waals surface area contributed by atoms with Crippen molar-refractivity contribution >= 4 is 47.7 Å². The van der Waals surface area contributed by atoms with Gasteiger partial charge in [0.05, 0.1) is 47.7 Å². The van der Waals surface area contributed by atoms with Crippen LogP contribution in [0.5, 0.6) is 5.75 Å². The van der Waals surface area contributed by atoms with Crippen molar-refractivity contribution < 1.29 is 62.0 Å². The maximum atomic E-state index is 13.8. The number of hydrogen-bond acceptors (Lipinski definition) is 14. The molecule has 1 aromatic heterocycles. The van der Waals surface area contributed by atoms with Gasteiger partial charge in [-0.05, 0) is 73.7 Å². The van der Waals surface area contributed by atoms with E-state index in [2.05, 4.69) is 16.0 Å². The molecule has 4 aromatic carbocycles. The van der Waals surface area contributed by atoms with Crippen LogP contribution in [-0.2, 0) is 46.7 Å². The van der Waals surface area contributed by atoms with Gasteiger partial charge < -0.3 is 39.4 Å². The summed E-state index contributed by atoms with van der Waals surface area (Å²) in [5.41, 5.74) is 1.93. The number of amides is 4. The number of esters is 2. The molecular weight excluding hydrogens is 919 g/mol. The smallest absolute Gasteiger partial charge is 0.363 e. The Morgan fingerprint density at radius 2 is 1.46 bits per heavy atom. The van der Waals surface area contributed by atoms with E-state index >= 15 is 0 Å². The molecule has 3 N–H and O–H groups in total. The number of hydroxylamine groups is 2. The zero-order valence-electron chi connectivity index (χ0n) is 39.9. The van der Waals surface area contributed by atoms with Crippen LogP contribution in [0.4, 0.5) is 5.69 Å². The Hall–Kier alpha value is -8.35. The fourth-order valence-corrected chi connectivity index (χ4v) is 7.46. The molecule has 19 heteroatoms. The Bertz CT molecular complexity index is 2640. The number of unbranched alkanes of at least 4 members (excludes halogenated alkanes) is 2. The van der Waals surface area contributed by atoms with Crippen LogP contribution in [0.25, 0.3) is 11.3 Å². The third kappa shape index (κ3) is 15.6. The van der Waals surface area contributed by atoms with Gasteiger partial charge in [-0.1, -0.05) is 99.8 Å². The number of carbonyl (C=O) groups excluding carboxylic acids is 7. The van der Waals surface area contributed by atoms with Gasteiger partial charge in [0, 0.05) is 17.7 Å². The Kier molecular flexibility index (Phi) is 20.4. The molecule has 1 heterocycles. The average molecular weight is 976 g/mol. The average Bonchev–Trinajstić information content (AvgIpc) is 3.88. The summed E-state index contributed by atoms with van der Waals surface area (Å²) in [7, 11) is 0. The second kappa shape index (κ2) is 27.0. The molecule has 4 amide bonds. The molecule has 1 unspecified atom stereocenters. The minimum Gasteiger partial charge on any atom is -0.493 e. The first-order valence-corrected chi connectivity index (χ1v) is 23.1. The number of nitro benzene ring substituents is 1. The summed E-state index contributed by atoms with van der Waals surface area (Å²) in [4.78, 5) is 109. The van der Waals surface area contributed by atoms with Crippen molar-refractivity contribution in [2.24, 2.45) is 5.92 Å². The first kappa shape index (κ1) is 53.6. The van der Waals surface area contributed by atoms with Crippen molar-refractivity contribution in [2.75, 3.05) is 13.3 Å². The maximum absolute atomic E-state index is 13.8. The highest BCUT2D eigenvalue weighted by Crippen LogP contribution is 2.30. The number of aryl methyl sites for hydroxylation is 1. The molecule has 0 aliphatic carbocycles. The number of benzene rings is 4. The second-order valence-electron chi connectivity index (χ2n) is 16.2. The van der Waals surface area contributed by atoms with E-state index < -0.39 is 65.0 Å². The highest BCUT2D eigenvalue weighted by molar-refractivity contribution is 6.00. The summed E-state index contributed by atoms with van der Waals surface area (Å²) in [6.45, 7) is 6.59. The molecular formula is C52H57N5O14. The van der Waals surface area contributed by atoms with Gasteiger partial charge in [-0.15, -0.1) is 0 Å². The molecule has 5 rings (SSSR count). The minimum absolute atomic E-state index is 0.00316. The number of rotatable bonds is 27.